The van der Waals surface area contributed by atoms with Gasteiger partial charge in [0.25, 0.3) is 5.91 Å². The Morgan fingerprint density at radius 3 is 2.56 bits per heavy atom. The average molecular weight is 431 g/mol. The van der Waals surface area contributed by atoms with Gasteiger partial charge in [0.15, 0.2) is 6.61 Å². The predicted octanol–water partition coefficient (Wildman–Crippen LogP) is 3.65. The number of ether oxygens (including phenoxy) is 1. The smallest absolute Gasteiger partial charge is 0.265 e. The highest BCUT2D eigenvalue weighted by atomic mass is 16.5. The van der Waals surface area contributed by atoms with Crippen molar-refractivity contribution in [2.24, 2.45) is 0 Å². The molecular weight excluding hydrogens is 400 g/mol. The van der Waals surface area contributed by atoms with Crippen LogP contribution in [0, 0.1) is 6.92 Å². The summed E-state index contributed by atoms with van der Waals surface area (Å²) in [6, 6.07) is 16.9. The lowest BCUT2D eigenvalue weighted by molar-refractivity contribution is -0.121. The first-order chi connectivity index (χ1) is 15.6. The molecule has 0 N–H and O–H groups in total. The maximum absolute atomic E-state index is 12.1. The number of likely N-dealkylation sites (N-methyl/N-ethyl adjacent to an activating group) is 1. The molecule has 2 aromatic carbocycles. The van der Waals surface area contributed by atoms with Gasteiger partial charge in [-0.2, -0.15) is 0 Å². The van der Waals surface area contributed by atoms with Crippen LogP contribution in [0.1, 0.15) is 18.2 Å². The highest BCUT2D eigenvalue weighted by Gasteiger charge is 2.26. The molecular formula is C26H30N4O2. The number of benzene rings is 2. The molecule has 0 radical (unpaired) electrons. The highest BCUT2D eigenvalue weighted by Crippen LogP contribution is 2.35. The molecule has 1 saturated heterocycles. The van der Waals surface area contributed by atoms with Crippen LogP contribution in [0.3, 0.4) is 0 Å². The van der Waals surface area contributed by atoms with Gasteiger partial charge in [0.05, 0.1) is 11.2 Å². The van der Waals surface area contributed by atoms with Gasteiger partial charge >= 0.3 is 0 Å². The first kappa shape index (κ1) is 20.8. The Kier molecular flexibility index (Phi) is 5.70. The highest BCUT2D eigenvalue weighted by molar-refractivity contribution is 5.98. The number of nitrogens with zero attached hydrogens (tertiary/aromatic N) is 4. The molecule has 2 aliphatic rings. The lowest BCUT2D eigenvalue weighted by atomic mass is 10.1. The van der Waals surface area contributed by atoms with Crippen LogP contribution in [-0.4, -0.2) is 61.7 Å². The summed E-state index contributed by atoms with van der Waals surface area (Å²) < 4.78 is 5.84. The van der Waals surface area contributed by atoms with Crippen molar-refractivity contribution in [2.75, 3.05) is 55.7 Å². The van der Waals surface area contributed by atoms with Crippen LogP contribution in [0.5, 0.6) is 5.75 Å². The molecule has 3 heterocycles. The Morgan fingerprint density at radius 1 is 0.969 bits per heavy atom. The van der Waals surface area contributed by atoms with Crippen LogP contribution < -0.4 is 14.5 Å². The van der Waals surface area contributed by atoms with Gasteiger partial charge in [-0.1, -0.05) is 18.2 Å². The molecule has 0 unspecified atom stereocenters. The van der Waals surface area contributed by atoms with Gasteiger partial charge in [-0.05, 0) is 56.2 Å². The Hall–Kier alpha value is -3.12. The summed E-state index contributed by atoms with van der Waals surface area (Å²) >= 11 is 0. The summed E-state index contributed by atoms with van der Waals surface area (Å²) in [5.74, 6) is 0.915. The molecule has 0 saturated carbocycles. The number of carbonyl (C=O) groups is 1. The first-order valence-electron chi connectivity index (χ1n) is 11.5. The van der Waals surface area contributed by atoms with E-state index in [2.05, 4.69) is 51.2 Å². The van der Waals surface area contributed by atoms with Crippen LogP contribution in [-0.2, 0) is 11.2 Å². The fraction of sp³-hybridized carbons (Fsp3) is 0.385. The maximum Gasteiger partial charge on any atom is 0.265 e. The van der Waals surface area contributed by atoms with Gasteiger partial charge in [0, 0.05) is 56.0 Å². The minimum Gasteiger partial charge on any atom is -0.481 e. The largest absolute Gasteiger partial charge is 0.481 e. The second kappa shape index (κ2) is 8.79. The SMILES string of the molecule is CCN1C(=O)COc2c(CCN3CCN(c4cccc5nc(C)ccc45)CC3)cccc21. The number of aromatic nitrogens is 1. The maximum atomic E-state index is 12.1. The van der Waals surface area contributed by atoms with E-state index in [1.807, 2.05) is 30.9 Å². The zero-order valence-electron chi connectivity index (χ0n) is 18.9. The van der Waals surface area contributed by atoms with Crippen LogP contribution in [0.2, 0.25) is 0 Å². The second-order valence-corrected chi connectivity index (χ2v) is 8.57. The summed E-state index contributed by atoms with van der Waals surface area (Å²) in [6.45, 7) is 9.92. The molecule has 2 aliphatic heterocycles. The van der Waals surface area contributed by atoms with Crippen molar-refractivity contribution >= 4 is 28.2 Å². The number of aryl methyl sites for hydroxylation is 1. The van der Waals surface area contributed by atoms with Gasteiger partial charge in [0.1, 0.15) is 5.75 Å². The fourth-order valence-electron chi connectivity index (χ4n) is 4.85. The Labute approximate surface area is 189 Å². The number of amides is 1. The van der Waals surface area contributed by atoms with E-state index in [0.29, 0.717) is 6.54 Å². The Morgan fingerprint density at radius 2 is 1.75 bits per heavy atom. The Bertz CT molecular complexity index is 1140. The number of hydrogen-bond acceptors (Lipinski definition) is 5. The molecule has 6 heteroatoms. The van der Waals surface area contributed by atoms with Crippen molar-refractivity contribution < 1.29 is 9.53 Å². The van der Waals surface area contributed by atoms with E-state index in [1.165, 1.54) is 16.6 Å². The molecule has 166 valence electrons. The summed E-state index contributed by atoms with van der Waals surface area (Å²) in [5, 5.41) is 1.23. The van der Waals surface area contributed by atoms with E-state index >= 15 is 0 Å². The molecule has 32 heavy (non-hydrogen) atoms. The van der Waals surface area contributed by atoms with Crippen molar-refractivity contribution in [3.63, 3.8) is 0 Å². The summed E-state index contributed by atoms with van der Waals surface area (Å²) in [6.07, 6.45) is 0.923. The van der Waals surface area contributed by atoms with Gasteiger partial charge < -0.3 is 14.5 Å². The quantitative estimate of drug-likeness (QED) is 0.618. The molecule has 5 rings (SSSR count). The third-order valence-corrected chi connectivity index (χ3v) is 6.58. The second-order valence-electron chi connectivity index (χ2n) is 8.57. The standard InChI is InChI=1S/C26H30N4O2/c1-3-30-24-9-4-6-20(26(24)32-18-25(30)31)12-13-28-14-16-29(17-15-28)23-8-5-7-22-21(23)11-10-19(2)27-22/h4-11H,3,12-18H2,1-2H3. The number of pyridine rings is 1. The van der Waals surface area contributed by atoms with Crippen LogP contribution in [0.4, 0.5) is 11.4 Å². The molecule has 1 aromatic heterocycles. The molecule has 0 bridgehead atoms. The van der Waals surface area contributed by atoms with Crippen molar-refractivity contribution in [2.45, 2.75) is 20.3 Å². The van der Waals surface area contributed by atoms with Crippen molar-refractivity contribution in [3.05, 3.63) is 59.8 Å². The zero-order chi connectivity index (χ0) is 22.1. The minimum atomic E-state index is 0.0343. The fourth-order valence-corrected chi connectivity index (χ4v) is 4.85. The molecule has 1 fully saturated rings. The minimum absolute atomic E-state index is 0.0343. The molecule has 0 aliphatic carbocycles. The zero-order valence-corrected chi connectivity index (χ0v) is 18.9. The van der Waals surface area contributed by atoms with E-state index in [1.54, 1.807) is 0 Å². The third kappa shape index (κ3) is 3.91. The van der Waals surface area contributed by atoms with Crippen LogP contribution in [0.15, 0.2) is 48.5 Å². The number of carbonyl (C=O) groups excluding carboxylic acids is 1. The van der Waals surface area contributed by atoms with Gasteiger partial charge in [-0.25, -0.2) is 0 Å². The number of fused-ring (bicyclic) bond motifs is 2. The topological polar surface area (TPSA) is 48.9 Å². The number of rotatable bonds is 5. The summed E-state index contributed by atoms with van der Waals surface area (Å²) in [5.41, 5.74) is 5.50. The average Bonchev–Trinajstić information content (AvgIpc) is 2.82. The Balaban J connectivity index is 1.24. The van der Waals surface area contributed by atoms with Crippen molar-refractivity contribution in [1.82, 2.24) is 9.88 Å². The predicted molar refractivity (Wildman–Crippen MR) is 129 cm³/mol. The molecule has 6 nitrogen and oxygen atoms in total. The van der Waals surface area contributed by atoms with Gasteiger partial charge in [-0.15, -0.1) is 0 Å². The number of hydrogen-bond donors (Lipinski definition) is 0. The summed E-state index contributed by atoms with van der Waals surface area (Å²) in [7, 11) is 0. The van der Waals surface area contributed by atoms with E-state index in [9.17, 15) is 4.79 Å². The number of piperazine rings is 1. The van der Waals surface area contributed by atoms with E-state index in [0.717, 1.165) is 61.8 Å². The molecule has 1 amide bonds. The van der Waals surface area contributed by atoms with Gasteiger partial charge in [0.2, 0.25) is 0 Å². The van der Waals surface area contributed by atoms with Crippen LogP contribution in [0.25, 0.3) is 10.9 Å². The molecule has 3 aromatic rings. The first-order valence-corrected chi connectivity index (χ1v) is 11.5. The van der Waals surface area contributed by atoms with Gasteiger partial charge in [-0.3, -0.25) is 14.7 Å². The number of para-hydroxylation sites is 1. The normalized spacial score (nSPS) is 16.9. The summed E-state index contributed by atoms with van der Waals surface area (Å²) in [4.78, 5) is 23.6. The van der Waals surface area contributed by atoms with Crippen molar-refractivity contribution in [1.29, 1.82) is 0 Å². The van der Waals surface area contributed by atoms with E-state index in [-0.39, 0.29) is 12.5 Å². The van der Waals surface area contributed by atoms with Crippen LogP contribution >= 0.6 is 0 Å². The van der Waals surface area contributed by atoms with E-state index < -0.39 is 0 Å². The lowest BCUT2D eigenvalue weighted by Gasteiger charge is -2.37. The molecule has 0 atom stereocenters. The number of anilines is 2. The monoisotopic (exact) mass is 430 g/mol. The molecule has 0 spiro atoms. The lowest BCUT2D eigenvalue weighted by Crippen LogP contribution is -2.47. The van der Waals surface area contributed by atoms with Crippen molar-refractivity contribution in [3.8, 4) is 5.75 Å². The van der Waals surface area contributed by atoms with E-state index in [4.69, 9.17) is 4.74 Å². The third-order valence-electron chi connectivity index (χ3n) is 6.58.